The van der Waals surface area contributed by atoms with Crippen molar-refractivity contribution >= 4 is 16.9 Å². The van der Waals surface area contributed by atoms with Crippen LogP contribution in [-0.2, 0) is 13.1 Å². The lowest BCUT2D eigenvalue weighted by molar-refractivity contribution is 0.170. The molecule has 4 rings (SSSR count). The van der Waals surface area contributed by atoms with Gasteiger partial charge in [-0.1, -0.05) is 24.3 Å². The summed E-state index contributed by atoms with van der Waals surface area (Å²) in [4.78, 5) is 24.9. The predicted octanol–water partition coefficient (Wildman–Crippen LogP) is 2.26. The highest BCUT2D eigenvalue weighted by Crippen LogP contribution is 2.22. The number of pyridine rings is 1. The Morgan fingerprint density at radius 1 is 1.26 bits per heavy atom. The second-order valence-electron chi connectivity index (χ2n) is 7.19. The number of aromatic nitrogens is 3. The Bertz CT molecular complexity index is 950. The number of nitrogens with one attached hydrogen (secondary N) is 1. The van der Waals surface area contributed by atoms with Crippen molar-refractivity contribution < 1.29 is 4.79 Å². The van der Waals surface area contributed by atoms with E-state index < -0.39 is 0 Å². The Kier molecular flexibility index (Phi) is 4.77. The Morgan fingerprint density at radius 2 is 2.11 bits per heavy atom. The van der Waals surface area contributed by atoms with Crippen LogP contribution < -0.4 is 5.32 Å². The number of fused-ring (bicyclic) bond motifs is 2. The standard InChI is InChI=1S/C20H24N6O/c1-24(2)20(27)22-10-18-13-25(12-17-9-21-14-26(17)18)11-16-8-7-15-5-3-4-6-19(15)23-16/h3-9,14,18H,10-13H2,1-2H3,(H,22,27). The maximum atomic E-state index is 11.9. The number of para-hydroxylation sites is 1. The summed E-state index contributed by atoms with van der Waals surface area (Å²) in [6, 6.07) is 12.5. The molecule has 7 nitrogen and oxygen atoms in total. The number of benzene rings is 1. The topological polar surface area (TPSA) is 66.3 Å². The van der Waals surface area contributed by atoms with Gasteiger partial charge < -0.3 is 14.8 Å². The van der Waals surface area contributed by atoms with E-state index in [-0.39, 0.29) is 12.1 Å². The fourth-order valence-corrected chi connectivity index (χ4v) is 3.53. The lowest BCUT2D eigenvalue weighted by atomic mass is 10.1. The van der Waals surface area contributed by atoms with E-state index in [1.807, 2.05) is 30.7 Å². The Morgan fingerprint density at radius 3 is 2.96 bits per heavy atom. The minimum atomic E-state index is -0.0787. The van der Waals surface area contributed by atoms with E-state index in [0.29, 0.717) is 6.54 Å². The largest absolute Gasteiger partial charge is 0.336 e. The molecule has 2 aromatic heterocycles. The molecule has 1 aromatic carbocycles. The van der Waals surface area contributed by atoms with Gasteiger partial charge in [0.1, 0.15) is 0 Å². The molecule has 27 heavy (non-hydrogen) atoms. The smallest absolute Gasteiger partial charge is 0.316 e. The lowest BCUT2D eigenvalue weighted by Crippen LogP contribution is -2.44. The van der Waals surface area contributed by atoms with Gasteiger partial charge in [-0.3, -0.25) is 9.88 Å². The first-order valence-corrected chi connectivity index (χ1v) is 9.13. The monoisotopic (exact) mass is 364 g/mol. The number of rotatable bonds is 4. The van der Waals surface area contributed by atoms with Gasteiger partial charge in [0.15, 0.2) is 0 Å². The average Bonchev–Trinajstić information content (AvgIpc) is 3.14. The zero-order valence-electron chi connectivity index (χ0n) is 15.7. The van der Waals surface area contributed by atoms with Crippen LogP contribution in [-0.4, -0.2) is 57.6 Å². The van der Waals surface area contributed by atoms with Crippen molar-refractivity contribution in [2.24, 2.45) is 0 Å². The molecule has 1 aliphatic heterocycles. The van der Waals surface area contributed by atoms with Crippen LogP contribution >= 0.6 is 0 Å². The number of urea groups is 1. The number of carbonyl (C=O) groups is 1. The summed E-state index contributed by atoms with van der Waals surface area (Å²) in [5.41, 5.74) is 3.23. The third-order valence-corrected chi connectivity index (χ3v) is 4.93. The molecule has 1 unspecified atom stereocenters. The van der Waals surface area contributed by atoms with Crippen LogP contribution in [0.4, 0.5) is 4.79 Å². The van der Waals surface area contributed by atoms with Crippen molar-refractivity contribution in [2.45, 2.75) is 19.1 Å². The van der Waals surface area contributed by atoms with Crippen molar-refractivity contribution in [2.75, 3.05) is 27.2 Å². The van der Waals surface area contributed by atoms with Crippen LogP contribution in [0, 0.1) is 0 Å². The quantitative estimate of drug-likeness (QED) is 0.771. The van der Waals surface area contributed by atoms with E-state index in [1.54, 1.807) is 19.0 Å². The van der Waals surface area contributed by atoms with Gasteiger partial charge in [0, 0.05) is 51.9 Å². The van der Waals surface area contributed by atoms with E-state index in [0.717, 1.165) is 41.9 Å². The fourth-order valence-electron chi connectivity index (χ4n) is 3.53. The third kappa shape index (κ3) is 3.78. The van der Waals surface area contributed by atoms with Crippen molar-refractivity contribution in [3.8, 4) is 0 Å². The molecule has 140 valence electrons. The van der Waals surface area contributed by atoms with E-state index in [9.17, 15) is 4.79 Å². The molecule has 0 bridgehead atoms. The molecule has 1 N–H and O–H groups in total. The summed E-state index contributed by atoms with van der Waals surface area (Å²) >= 11 is 0. The Hall–Kier alpha value is -2.93. The molecule has 0 saturated carbocycles. The molecule has 0 fully saturated rings. The van der Waals surface area contributed by atoms with E-state index >= 15 is 0 Å². The molecule has 1 aliphatic rings. The molecule has 7 heteroatoms. The summed E-state index contributed by atoms with van der Waals surface area (Å²) in [6.45, 7) is 3.01. The first-order chi connectivity index (χ1) is 13.1. The zero-order chi connectivity index (χ0) is 18.8. The Balaban J connectivity index is 1.49. The van der Waals surface area contributed by atoms with Crippen LogP contribution in [0.5, 0.6) is 0 Å². The average molecular weight is 364 g/mol. The molecule has 0 saturated heterocycles. The first-order valence-electron chi connectivity index (χ1n) is 9.13. The highest BCUT2D eigenvalue weighted by molar-refractivity contribution is 5.78. The van der Waals surface area contributed by atoms with Crippen LogP contribution in [0.2, 0.25) is 0 Å². The van der Waals surface area contributed by atoms with Crippen molar-refractivity contribution in [1.82, 2.24) is 29.7 Å². The van der Waals surface area contributed by atoms with Crippen LogP contribution in [0.3, 0.4) is 0 Å². The van der Waals surface area contributed by atoms with Gasteiger partial charge >= 0.3 is 6.03 Å². The summed E-state index contributed by atoms with van der Waals surface area (Å²) in [5.74, 6) is 0. The van der Waals surface area contributed by atoms with Crippen LogP contribution in [0.1, 0.15) is 17.4 Å². The number of nitrogens with zero attached hydrogens (tertiary/aromatic N) is 5. The van der Waals surface area contributed by atoms with Gasteiger partial charge in [-0.2, -0.15) is 0 Å². The van der Waals surface area contributed by atoms with Crippen LogP contribution in [0.25, 0.3) is 10.9 Å². The molecule has 0 radical (unpaired) electrons. The molecule has 3 heterocycles. The summed E-state index contributed by atoms with van der Waals surface area (Å²) in [6.07, 6.45) is 3.76. The third-order valence-electron chi connectivity index (χ3n) is 4.93. The predicted molar refractivity (Wildman–Crippen MR) is 104 cm³/mol. The maximum absolute atomic E-state index is 11.9. The number of hydrogen-bond acceptors (Lipinski definition) is 4. The molecule has 3 aromatic rings. The second-order valence-corrected chi connectivity index (χ2v) is 7.19. The van der Waals surface area contributed by atoms with Gasteiger partial charge in [0.2, 0.25) is 0 Å². The van der Waals surface area contributed by atoms with E-state index in [4.69, 9.17) is 4.98 Å². The number of hydrogen-bond donors (Lipinski definition) is 1. The highest BCUT2D eigenvalue weighted by Gasteiger charge is 2.25. The summed E-state index contributed by atoms with van der Waals surface area (Å²) < 4.78 is 2.17. The molecular formula is C20H24N6O. The zero-order valence-corrected chi connectivity index (χ0v) is 15.7. The van der Waals surface area contributed by atoms with Gasteiger partial charge in [-0.15, -0.1) is 0 Å². The summed E-state index contributed by atoms with van der Waals surface area (Å²) in [7, 11) is 3.49. The van der Waals surface area contributed by atoms with E-state index in [1.165, 1.54) is 0 Å². The normalized spacial score (nSPS) is 16.9. The molecule has 0 spiro atoms. The summed E-state index contributed by atoms with van der Waals surface area (Å²) in [5, 5.41) is 4.14. The lowest BCUT2D eigenvalue weighted by Gasteiger charge is -2.34. The fraction of sp³-hybridized carbons (Fsp3) is 0.350. The van der Waals surface area contributed by atoms with Crippen molar-refractivity contribution in [1.29, 1.82) is 0 Å². The first kappa shape index (κ1) is 17.5. The SMILES string of the molecule is CN(C)C(=O)NCC1CN(Cc2ccc3ccccc3n2)Cc2cncn21. The number of imidazole rings is 1. The van der Waals surface area contributed by atoms with Gasteiger partial charge in [0.05, 0.1) is 29.3 Å². The minimum absolute atomic E-state index is 0.0787. The second kappa shape index (κ2) is 7.36. The van der Waals surface area contributed by atoms with Crippen molar-refractivity contribution in [3.63, 3.8) is 0 Å². The van der Waals surface area contributed by atoms with Crippen LogP contribution in [0.15, 0.2) is 48.9 Å². The van der Waals surface area contributed by atoms with Gasteiger partial charge in [0.25, 0.3) is 0 Å². The Labute approximate surface area is 158 Å². The molecule has 2 amide bonds. The minimum Gasteiger partial charge on any atom is -0.336 e. The van der Waals surface area contributed by atoms with Gasteiger partial charge in [-0.25, -0.2) is 9.78 Å². The molecular weight excluding hydrogens is 340 g/mol. The van der Waals surface area contributed by atoms with Crippen molar-refractivity contribution in [3.05, 3.63) is 60.3 Å². The molecule has 0 aliphatic carbocycles. The van der Waals surface area contributed by atoms with Gasteiger partial charge in [-0.05, 0) is 12.1 Å². The number of amides is 2. The number of carbonyl (C=O) groups excluding carboxylic acids is 1. The maximum Gasteiger partial charge on any atom is 0.316 e. The highest BCUT2D eigenvalue weighted by atomic mass is 16.2. The van der Waals surface area contributed by atoms with E-state index in [2.05, 4.69) is 38.0 Å². The molecule has 1 atom stereocenters.